The summed E-state index contributed by atoms with van der Waals surface area (Å²) in [4.78, 5) is 23.1. The van der Waals surface area contributed by atoms with Crippen LogP contribution in [0.25, 0.3) is 11.1 Å². The molecule has 0 radical (unpaired) electrons. The van der Waals surface area contributed by atoms with Crippen LogP contribution in [0.15, 0.2) is 36.4 Å². The number of carbonyl (C=O) groups excluding carboxylic acids is 2. The average Bonchev–Trinajstić information content (AvgIpc) is 2.54. The predicted octanol–water partition coefficient (Wildman–Crippen LogP) is 3.59. The summed E-state index contributed by atoms with van der Waals surface area (Å²) in [5.41, 5.74) is 4.00. The van der Waals surface area contributed by atoms with Crippen LogP contribution in [-0.2, 0) is 16.0 Å². The molecule has 0 aliphatic heterocycles. The third-order valence-electron chi connectivity index (χ3n) is 3.54. The van der Waals surface area contributed by atoms with Crippen molar-refractivity contribution in [2.45, 2.75) is 20.3 Å². The first-order chi connectivity index (χ1) is 11.1. The van der Waals surface area contributed by atoms with Gasteiger partial charge in [0.2, 0.25) is 0 Å². The van der Waals surface area contributed by atoms with Crippen molar-refractivity contribution in [2.75, 3.05) is 13.7 Å². The number of hydrogen-bond donors (Lipinski definition) is 0. The van der Waals surface area contributed by atoms with Gasteiger partial charge in [-0.15, -0.1) is 0 Å². The maximum Gasteiger partial charge on any atom is 0.310 e. The van der Waals surface area contributed by atoms with E-state index in [-0.39, 0.29) is 12.4 Å². The second-order valence-corrected chi connectivity index (χ2v) is 5.22. The Kier molecular flexibility index (Phi) is 5.52. The second-order valence-electron chi connectivity index (χ2n) is 5.22. The summed E-state index contributed by atoms with van der Waals surface area (Å²) in [5, 5.41) is 0. The number of carbonyl (C=O) groups is 2. The number of aryl methyl sites for hydroxylation is 1. The summed E-state index contributed by atoms with van der Waals surface area (Å²) >= 11 is 0. The zero-order valence-corrected chi connectivity index (χ0v) is 13.6. The van der Waals surface area contributed by atoms with E-state index in [0.29, 0.717) is 17.9 Å². The molecule has 0 bridgehead atoms. The molecule has 4 heteroatoms. The molecule has 120 valence electrons. The van der Waals surface area contributed by atoms with Crippen molar-refractivity contribution in [3.63, 3.8) is 0 Å². The van der Waals surface area contributed by atoms with E-state index in [4.69, 9.17) is 9.47 Å². The molecule has 0 spiro atoms. The maximum absolute atomic E-state index is 11.7. The Labute approximate surface area is 136 Å². The van der Waals surface area contributed by atoms with E-state index >= 15 is 0 Å². The normalized spacial score (nSPS) is 10.2. The van der Waals surface area contributed by atoms with Gasteiger partial charge in [-0.25, -0.2) is 0 Å². The third kappa shape index (κ3) is 3.97. The van der Waals surface area contributed by atoms with Crippen molar-refractivity contribution >= 4 is 12.3 Å². The highest BCUT2D eigenvalue weighted by Crippen LogP contribution is 2.33. The topological polar surface area (TPSA) is 52.6 Å². The molecular formula is C19H20O4. The molecule has 23 heavy (non-hydrogen) atoms. The van der Waals surface area contributed by atoms with Gasteiger partial charge < -0.3 is 9.47 Å². The molecule has 0 aromatic heterocycles. The zero-order valence-electron chi connectivity index (χ0n) is 13.6. The van der Waals surface area contributed by atoms with Gasteiger partial charge in [0.25, 0.3) is 0 Å². The van der Waals surface area contributed by atoms with Gasteiger partial charge in [0.05, 0.1) is 20.1 Å². The number of aldehydes is 1. The molecule has 0 atom stereocenters. The summed E-state index contributed by atoms with van der Waals surface area (Å²) in [6.45, 7) is 4.07. The van der Waals surface area contributed by atoms with E-state index in [1.807, 2.05) is 37.3 Å². The van der Waals surface area contributed by atoms with Crippen LogP contribution >= 0.6 is 0 Å². The fraction of sp³-hybridized carbons (Fsp3) is 0.263. The van der Waals surface area contributed by atoms with Crippen molar-refractivity contribution in [1.29, 1.82) is 0 Å². The lowest BCUT2D eigenvalue weighted by Gasteiger charge is -2.13. The molecule has 0 amide bonds. The van der Waals surface area contributed by atoms with Gasteiger partial charge in [0.1, 0.15) is 5.75 Å². The van der Waals surface area contributed by atoms with Crippen LogP contribution in [0.5, 0.6) is 5.75 Å². The number of rotatable bonds is 6. The lowest BCUT2D eigenvalue weighted by molar-refractivity contribution is -0.142. The van der Waals surface area contributed by atoms with E-state index in [9.17, 15) is 9.59 Å². The van der Waals surface area contributed by atoms with Gasteiger partial charge in [-0.3, -0.25) is 9.59 Å². The van der Waals surface area contributed by atoms with Gasteiger partial charge in [-0.1, -0.05) is 23.8 Å². The lowest BCUT2D eigenvalue weighted by Crippen LogP contribution is -2.07. The van der Waals surface area contributed by atoms with Gasteiger partial charge in [0, 0.05) is 11.1 Å². The fourth-order valence-electron chi connectivity index (χ4n) is 2.48. The molecule has 0 N–H and O–H groups in total. The Bertz CT molecular complexity index is 719. The molecule has 0 fully saturated rings. The SMILES string of the molecule is CCOC(=O)Cc1ccc(OC)c(-c2ccc(C)cc2C=O)c1. The summed E-state index contributed by atoms with van der Waals surface area (Å²) in [5.74, 6) is 0.382. The average molecular weight is 312 g/mol. The molecule has 0 aliphatic rings. The van der Waals surface area contributed by atoms with Crippen molar-refractivity contribution in [2.24, 2.45) is 0 Å². The molecule has 2 aromatic rings. The monoisotopic (exact) mass is 312 g/mol. The van der Waals surface area contributed by atoms with Crippen molar-refractivity contribution in [3.8, 4) is 16.9 Å². The lowest BCUT2D eigenvalue weighted by atomic mass is 9.95. The molecular weight excluding hydrogens is 292 g/mol. The van der Waals surface area contributed by atoms with Crippen molar-refractivity contribution in [1.82, 2.24) is 0 Å². The van der Waals surface area contributed by atoms with E-state index in [1.54, 1.807) is 20.1 Å². The number of benzene rings is 2. The molecule has 2 aromatic carbocycles. The second kappa shape index (κ2) is 7.58. The van der Waals surface area contributed by atoms with E-state index in [2.05, 4.69) is 0 Å². The number of ether oxygens (including phenoxy) is 2. The summed E-state index contributed by atoms with van der Waals surface area (Å²) in [7, 11) is 1.58. The fourth-order valence-corrected chi connectivity index (χ4v) is 2.48. The predicted molar refractivity (Wildman–Crippen MR) is 88.9 cm³/mol. The van der Waals surface area contributed by atoms with Gasteiger partial charge in [-0.05, 0) is 43.2 Å². The van der Waals surface area contributed by atoms with E-state index in [1.165, 1.54) is 0 Å². The molecule has 2 rings (SSSR count). The Morgan fingerprint density at radius 3 is 2.57 bits per heavy atom. The largest absolute Gasteiger partial charge is 0.496 e. The first-order valence-electron chi connectivity index (χ1n) is 7.47. The quantitative estimate of drug-likeness (QED) is 0.604. The summed E-state index contributed by atoms with van der Waals surface area (Å²) in [6.07, 6.45) is 1.02. The minimum absolute atomic E-state index is 0.188. The standard InChI is InChI=1S/C19H20O4/c1-4-23-19(21)11-14-6-8-18(22-3)17(10-14)16-7-5-13(2)9-15(16)12-20/h5-10,12H,4,11H2,1-3H3. The number of methoxy groups -OCH3 is 1. The Balaban J connectivity index is 2.48. The highest BCUT2D eigenvalue weighted by atomic mass is 16.5. The zero-order chi connectivity index (χ0) is 16.8. The molecule has 4 nitrogen and oxygen atoms in total. The number of hydrogen-bond acceptors (Lipinski definition) is 4. The first-order valence-corrected chi connectivity index (χ1v) is 7.47. The molecule has 0 heterocycles. The van der Waals surface area contributed by atoms with E-state index in [0.717, 1.165) is 28.5 Å². The van der Waals surface area contributed by atoms with Crippen molar-refractivity contribution < 1.29 is 19.1 Å². The minimum atomic E-state index is -0.275. The number of esters is 1. The smallest absolute Gasteiger partial charge is 0.310 e. The van der Waals surface area contributed by atoms with Gasteiger partial charge >= 0.3 is 5.97 Å². The van der Waals surface area contributed by atoms with Gasteiger partial charge in [0.15, 0.2) is 6.29 Å². The van der Waals surface area contributed by atoms with Crippen LogP contribution < -0.4 is 4.74 Å². The molecule has 0 saturated carbocycles. The molecule has 0 saturated heterocycles. The van der Waals surface area contributed by atoms with Crippen LogP contribution in [-0.4, -0.2) is 26.0 Å². The van der Waals surface area contributed by atoms with Crippen molar-refractivity contribution in [3.05, 3.63) is 53.1 Å². The highest BCUT2D eigenvalue weighted by molar-refractivity contribution is 5.90. The van der Waals surface area contributed by atoms with Crippen LogP contribution in [0.3, 0.4) is 0 Å². The minimum Gasteiger partial charge on any atom is -0.496 e. The van der Waals surface area contributed by atoms with E-state index < -0.39 is 0 Å². The third-order valence-corrected chi connectivity index (χ3v) is 3.54. The summed E-state index contributed by atoms with van der Waals surface area (Å²) < 4.78 is 10.4. The maximum atomic E-state index is 11.7. The molecule has 0 aliphatic carbocycles. The first kappa shape index (κ1) is 16.7. The Hall–Kier alpha value is -2.62. The molecule has 0 unspecified atom stereocenters. The van der Waals surface area contributed by atoms with Crippen LogP contribution in [0.1, 0.15) is 28.4 Å². The Morgan fingerprint density at radius 1 is 1.13 bits per heavy atom. The van der Waals surface area contributed by atoms with Gasteiger partial charge in [-0.2, -0.15) is 0 Å². The summed E-state index contributed by atoms with van der Waals surface area (Å²) in [6, 6.07) is 11.2. The Morgan fingerprint density at radius 2 is 1.91 bits per heavy atom. The van der Waals surface area contributed by atoms with Crippen LogP contribution in [0, 0.1) is 6.92 Å². The highest BCUT2D eigenvalue weighted by Gasteiger charge is 2.13. The van der Waals surface area contributed by atoms with Crippen LogP contribution in [0.2, 0.25) is 0 Å². The van der Waals surface area contributed by atoms with Crippen LogP contribution in [0.4, 0.5) is 0 Å².